The van der Waals surface area contributed by atoms with Crippen LogP contribution in [-0.4, -0.2) is 18.2 Å². The minimum atomic E-state index is -0.355. The Morgan fingerprint density at radius 3 is 2.69 bits per heavy atom. The van der Waals surface area contributed by atoms with Crippen molar-refractivity contribution in [3.8, 4) is 0 Å². The summed E-state index contributed by atoms with van der Waals surface area (Å²) in [5, 5.41) is 5.29. The first-order chi connectivity index (χ1) is 7.68. The number of para-hydroxylation sites is 2. The molecule has 16 heavy (non-hydrogen) atoms. The predicted molar refractivity (Wildman–Crippen MR) is 60.6 cm³/mol. The molecule has 0 aliphatic carbocycles. The average molecular weight is 217 g/mol. The third-order valence-corrected chi connectivity index (χ3v) is 2.29. The number of Topliss-reactive ketones (excluding diaryl/α,β-unsaturated/α-hetero) is 1. The number of nitrogens with one attached hydrogen (secondary N) is 2. The maximum absolute atomic E-state index is 11.3. The lowest BCUT2D eigenvalue weighted by Crippen LogP contribution is -2.14. The van der Waals surface area contributed by atoms with E-state index < -0.39 is 0 Å². The highest BCUT2D eigenvalue weighted by molar-refractivity contribution is 6.25. The van der Waals surface area contributed by atoms with Crippen molar-refractivity contribution in [3.63, 3.8) is 0 Å². The largest absolute Gasteiger partial charge is 0.397 e. The van der Waals surface area contributed by atoms with Crippen molar-refractivity contribution in [1.29, 1.82) is 0 Å². The molecular formula is C11H11N3O2. The second-order valence-electron chi connectivity index (χ2n) is 3.40. The summed E-state index contributed by atoms with van der Waals surface area (Å²) in [5.74, 6) is -0.570. The summed E-state index contributed by atoms with van der Waals surface area (Å²) < 4.78 is 0. The molecular weight excluding hydrogens is 206 g/mol. The predicted octanol–water partition coefficient (Wildman–Crippen LogP) is 0.263. The van der Waals surface area contributed by atoms with Crippen LogP contribution in [0.1, 0.15) is 0 Å². The lowest BCUT2D eigenvalue weighted by Gasteiger charge is -2.04. The fraction of sp³-hybridized carbons (Fsp3) is 0.0909. The van der Waals surface area contributed by atoms with Crippen LogP contribution in [0.4, 0.5) is 11.4 Å². The summed E-state index contributed by atoms with van der Waals surface area (Å²) in [7, 11) is 0. The van der Waals surface area contributed by atoms with Crippen molar-refractivity contribution in [2.45, 2.75) is 0 Å². The first-order valence-electron chi connectivity index (χ1n) is 4.81. The molecule has 4 N–H and O–H groups in total. The van der Waals surface area contributed by atoms with Gasteiger partial charge in [-0.1, -0.05) is 12.1 Å². The van der Waals surface area contributed by atoms with Crippen LogP contribution < -0.4 is 16.4 Å². The number of nitrogen functional groups attached to an aromatic ring is 1. The summed E-state index contributed by atoms with van der Waals surface area (Å²) in [4.78, 5) is 22.5. The third kappa shape index (κ3) is 1.88. The monoisotopic (exact) mass is 217 g/mol. The van der Waals surface area contributed by atoms with Gasteiger partial charge in [0.25, 0.3) is 5.91 Å². The number of benzene rings is 1. The van der Waals surface area contributed by atoms with Crippen LogP contribution in [0.15, 0.2) is 36.0 Å². The first kappa shape index (κ1) is 10.2. The highest BCUT2D eigenvalue weighted by atomic mass is 16.2. The molecule has 82 valence electrons. The lowest BCUT2D eigenvalue weighted by atomic mass is 10.2. The summed E-state index contributed by atoms with van der Waals surface area (Å²) in [5.41, 5.74) is 7.05. The number of anilines is 2. The SMILES string of the molecule is Nc1ccccc1N/C=C1/C(=O)CNC1=O. The maximum Gasteiger partial charge on any atom is 0.256 e. The lowest BCUT2D eigenvalue weighted by molar-refractivity contribution is -0.117. The fourth-order valence-corrected chi connectivity index (χ4v) is 1.40. The molecule has 2 rings (SSSR count). The number of hydrogen-bond donors (Lipinski definition) is 3. The van der Waals surface area contributed by atoms with Crippen molar-refractivity contribution < 1.29 is 9.59 Å². The minimum Gasteiger partial charge on any atom is -0.397 e. The van der Waals surface area contributed by atoms with Crippen molar-refractivity contribution in [1.82, 2.24) is 5.32 Å². The zero-order valence-corrected chi connectivity index (χ0v) is 8.49. The van der Waals surface area contributed by atoms with Gasteiger partial charge in [-0.25, -0.2) is 0 Å². The molecule has 1 aromatic rings. The van der Waals surface area contributed by atoms with Gasteiger partial charge in [0.15, 0.2) is 5.78 Å². The Labute approximate surface area is 92.3 Å². The zero-order valence-electron chi connectivity index (χ0n) is 8.49. The molecule has 1 fully saturated rings. The van der Waals surface area contributed by atoms with E-state index in [1.165, 1.54) is 6.20 Å². The van der Waals surface area contributed by atoms with Crippen LogP contribution in [0.5, 0.6) is 0 Å². The number of carbonyl (C=O) groups is 2. The molecule has 5 heteroatoms. The molecule has 0 spiro atoms. The van der Waals surface area contributed by atoms with Gasteiger partial charge >= 0.3 is 0 Å². The molecule has 5 nitrogen and oxygen atoms in total. The molecule has 1 aromatic carbocycles. The van der Waals surface area contributed by atoms with E-state index in [4.69, 9.17) is 5.73 Å². The van der Waals surface area contributed by atoms with Gasteiger partial charge in [0.2, 0.25) is 0 Å². The van der Waals surface area contributed by atoms with Gasteiger partial charge < -0.3 is 16.4 Å². The summed E-state index contributed by atoms with van der Waals surface area (Å²) in [6, 6.07) is 7.12. The van der Waals surface area contributed by atoms with E-state index >= 15 is 0 Å². The first-order valence-corrected chi connectivity index (χ1v) is 4.81. The number of amides is 1. The fourth-order valence-electron chi connectivity index (χ4n) is 1.40. The molecule has 0 radical (unpaired) electrons. The van der Waals surface area contributed by atoms with Crippen LogP contribution in [0.3, 0.4) is 0 Å². The Hall–Kier alpha value is -2.30. The number of hydrogen-bond acceptors (Lipinski definition) is 4. The standard InChI is InChI=1S/C11H11N3O2/c12-8-3-1-2-4-9(8)13-5-7-10(15)6-14-11(7)16/h1-5,13H,6,12H2,(H,14,16)/b7-5-. The molecule has 1 heterocycles. The Kier molecular flexibility index (Phi) is 2.59. The van der Waals surface area contributed by atoms with E-state index in [2.05, 4.69) is 10.6 Å². The van der Waals surface area contributed by atoms with Gasteiger partial charge in [-0.2, -0.15) is 0 Å². The van der Waals surface area contributed by atoms with Gasteiger partial charge in [-0.15, -0.1) is 0 Å². The molecule has 0 saturated carbocycles. The van der Waals surface area contributed by atoms with Gasteiger partial charge in [-0.05, 0) is 12.1 Å². The van der Waals surface area contributed by atoms with Crippen LogP contribution in [-0.2, 0) is 9.59 Å². The van der Waals surface area contributed by atoms with Gasteiger partial charge in [-0.3, -0.25) is 9.59 Å². The normalized spacial score (nSPS) is 17.6. The molecule has 0 atom stereocenters. The van der Waals surface area contributed by atoms with E-state index in [0.29, 0.717) is 11.4 Å². The highest BCUT2D eigenvalue weighted by Crippen LogP contribution is 2.17. The molecule has 1 aliphatic heterocycles. The molecule has 0 aromatic heterocycles. The van der Waals surface area contributed by atoms with Crippen molar-refractivity contribution in [3.05, 3.63) is 36.0 Å². The Morgan fingerprint density at radius 2 is 2.06 bits per heavy atom. The van der Waals surface area contributed by atoms with Crippen LogP contribution >= 0.6 is 0 Å². The smallest absolute Gasteiger partial charge is 0.256 e. The summed E-state index contributed by atoms with van der Waals surface area (Å²) in [6.45, 7) is 0.0661. The van der Waals surface area contributed by atoms with Crippen molar-refractivity contribution in [2.75, 3.05) is 17.6 Å². The molecule has 1 amide bonds. The second kappa shape index (κ2) is 4.06. The number of carbonyl (C=O) groups excluding carboxylic acids is 2. The van der Waals surface area contributed by atoms with Crippen molar-refractivity contribution in [2.24, 2.45) is 0 Å². The zero-order chi connectivity index (χ0) is 11.5. The van der Waals surface area contributed by atoms with Crippen LogP contribution in [0.2, 0.25) is 0 Å². The summed E-state index contributed by atoms with van der Waals surface area (Å²) in [6.07, 6.45) is 1.39. The van der Waals surface area contributed by atoms with E-state index in [1.54, 1.807) is 18.2 Å². The summed E-state index contributed by atoms with van der Waals surface area (Å²) >= 11 is 0. The Balaban J connectivity index is 2.18. The highest BCUT2D eigenvalue weighted by Gasteiger charge is 2.25. The number of ketones is 1. The molecule has 0 unspecified atom stereocenters. The van der Waals surface area contributed by atoms with Crippen molar-refractivity contribution >= 4 is 23.1 Å². The number of nitrogens with two attached hydrogens (primary N) is 1. The average Bonchev–Trinajstić information content (AvgIpc) is 2.58. The number of rotatable bonds is 2. The van der Waals surface area contributed by atoms with Gasteiger partial charge in [0.1, 0.15) is 5.57 Å². The van der Waals surface area contributed by atoms with Gasteiger partial charge in [0, 0.05) is 6.20 Å². The van der Waals surface area contributed by atoms with E-state index in [9.17, 15) is 9.59 Å². The Morgan fingerprint density at radius 1 is 1.31 bits per heavy atom. The molecule has 1 aliphatic rings. The maximum atomic E-state index is 11.3. The minimum absolute atomic E-state index is 0.0661. The molecule has 1 saturated heterocycles. The van der Waals surface area contributed by atoms with Gasteiger partial charge in [0.05, 0.1) is 17.9 Å². The quantitative estimate of drug-likeness (QED) is 0.377. The van der Waals surface area contributed by atoms with E-state index in [1.807, 2.05) is 6.07 Å². The van der Waals surface area contributed by atoms with Crippen LogP contribution in [0, 0.1) is 0 Å². The van der Waals surface area contributed by atoms with E-state index in [0.717, 1.165) is 0 Å². The van der Waals surface area contributed by atoms with E-state index in [-0.39, 0.29) is 23.8 Å². The molecule has 0 bridgehead atoms. The topological polar surface area (TPSA) is 84.2 Å². The third-order valence-electron chi connectivity index (χ3n) is 2.29. The second-order valence-corrected chi connectivity index (χ2v) is 3.40. The van der Waals surface area contributed by atoms with Crippen LogP contribution in [0.25, 0.3) is 0 Å². The Bertz CT molecular complexity index is 462.